The number of rotatable bonds is 8. The quantitative estimate of drug-likeness (QED) is 0.714. The number of nitrogens with zero attached hydrogens (tertiary/aromatic N) is 1. The summed E-state index contributed by atoms with van der Waals surface area (Å²) in [4.78, 5) is 26.6. The van der Waals surface area contributed by atoms with Crippen molar-refractivity contribution >= 4 is 17.6 Å². The Labute approximate surface area is 158 Å². The Morgan fingerprint density at radius 3 is 2.78 bits per heavy atom. The molecule has 0 atom stereocenters. The number of furan rings is 1. The molecule has 0 radical (unpaired) electrons. The van der Waals surface area contributed by atoms with Gasteiger partial charge in [0.15, 0.2) is 6.61 Å². The van der Waals surface area contributed by atoms with Gasteiger partial charge in [-0.3, -0.25) is 4.79 Å². The largest absolute Gasteiger partial charge is 0.467 e. The summed E-state index contributed by atoms with van der Waals surface area (Å²) in [7, 11) is 0. The summed E-state index contributed by atoms with van der Waals surface area (Å²) >= 11 is 0. The van der Waals surface area contributed by atoms with Crippen LogP contribution in [0.25, 0.3) is 0 Å². The summed E-state index contributed by atoms with van der Waals surface area (Å²) in [6, 6.07) is 10.7. The number of ether oxygens (including phenoxy) is 1. The maximum atomic E-state index is 12.5. The third kappa shape index (κ3) is 4.78. The van der Waals surface area contributed by atoms with Crippen LogP contribution in [-0.2, 0) is 16.1 Å². The Morgan fingerprint density at radius 1 is 1.22 bits per heavy atom. The second kappa shape index (κ2) is 9.07. The number of carbonyl (C=O) groups is 2. The Morgan fingerprint density at radius 2 is 2.07 bits per heavy atom. The monoisotopic (exact) mass is 368 g/mol. The minimum absolute atomic E-state index is 0.194. The molecule has 0 saturated carbocycles. The van der Waals surface area contributed by atoms with E-state index in [0.29, 0.717) is 24.3 Å². The van der Waals surface area contributed by atoms with Crippen LogP contribution < -0.4 is 5.32 Å². The van der Waals surface area contributed by atoms with Crippen LogP contribution in [0.3, 0.4) is 0 Å². The molecule has 6 heteroatoms. The van der Waals surface area contributed by atoms with Gasteiger partial charge in [-0.2, -0.15) is 0 Å². The lowest BCUT2D eigenvalue weighted by Crippen LogP contribution is -2.33. The number of benzene rings is 1. The number of hydrogen-bond donors (Lipinski definition) is 1. The maximum Gasteiger partial charge on any atom is 0.340 e. The van der Waals surface area contributed by atoms with E-state index >= 15 is 0 Å². The number of nitrogens with one attached hydrogen (secondary N) is 1. The van der Waals surface area contributed by atoms with Crippen molar-refractivity contribution in [2.24, 2.45) is 0 Å². The van der Waals surface area contributed by atoms with Gasteiger partial charge in [0.05, 0.1) is 18.4 Å². The molecule has 2 aromatic rings. The minimum Gasteiger partial charge on any atom is -0.467 e. The number of hydrogen-bond acceptors (Lipinski definition) is 5. The molecular formula is C21H24N2O4. The molecule has 0 unspecified atom stereocenters. The highest BCUT2D eigenvalue weighted by molar-refractivity contribution is 5.96. The van der Waals surface area contributed by atoms with Crippen molar-refractivity contribution in [1.82, 2.24) is 4.90 Å². The number of carbonyl (C=O) groups excluding carboxylic acids is 2. The second-order valence-electron chi connectivity index (χ2n) is 6.28. The lowest BCUT2D eigenvalue weighted by Gasteiger charge is -2.22. The molecule has 0 aliphatic heterocycles. The first-order chi connectivity index (χ1) is 13.2. The van der Waals surface area contributed by atoms with Crippen LogP contribution in [0, 0.1) is 0 Å². The SMILES string of the molecule is CCN(C(=O)COC(=O)c1ccccc1NCc1ccco1)C1=CCCC1. The van der Waals surface area contributed by atoms with Gasteiger partial charge in [-0.1, -0.05) is 18.2 Å². The molecule has 1 amide bonds. The molecule has 1 aromatic heterocycles. The van der Waals surface area contributed by atoms with Crippen molar-refractivity contribution in [2.75, 3.05) is 18.5 Å². The molecule has 142 valence electrons. The Kier molecular flexibility index (Phi) is 6.30. The van der Waals surface area contributed by atoms with E-state index in [1.165, 1.54) is 0 Å². The summed E-state index contributed by atoms with van der Waals surface area (Å²) in [6.45, 7) is 2.68. The second-order valence-corrected chi connectivity index (χ2v) is 6.28. The third-order valence-electron chi connectivity index (χ3n) is 4.49. The lowest BCUT2D eigenvalue weighted by atomic mass is 10.2. The van der Waals surface area contributed by atoms with Crippen LogP contribution in [-0.4, -0.2) is 29.9 Å². The molecule has 3 rings (SSSR count). The average molecular weight is 368 g/mol. The van der Waals surface area contributed by atoms with E-state index in [1.54, 1.807) is 29.4 Å². The molecule has 6 nitrogen and oxygen atoms in total. The molecule has 1 aliphatic carbocycles. The highest BCUT2D eigenvalue weighted by Gasteiger charge is 2.21. The first-order valence-electron chi connectivity index (χ1n) is 9.21. The van der Waals surface area contributed by atoms with Crippen molar-refractivity contribution < 1.29 is 18.7 Å². The molecule has 27 heavy (non-hydrogen) atoms. The number of likely N-dealkylation sites (N-methyl/N-ethyl adjacent to an activating group) is 1. The van der Waals surface area contributed by atoms with E-state index in [1.807, 2.05) is 25.1 Å². The Balaban J connectivity index is 1.59. The van der Waals surface area contributed by atoms with E-state index in [4.69, 9.17) is 9.15 Å². The first kappa shape index (κ1) is 18.8. The summed E-state index contributed by atoms with van der Waals surface area (Å²) in [5, 5.41) is 3.16. The summed E-state index contributed by atoms with van der Waals surface area (Å²) in [5.74, 6) is 0.0409. The van der Waals surface area contributed by atoms with Crippen molar-refractivity contribution in [1.29, 1.82) is 0 Å². The summed E-state index contributed by atoms with van der Waals surface area (Å²) in [5.41, 5.74) is 2.05. The van der Waals surface area contributed by atoms with Gasteiger partial charge in [0.1, 0.15) is 5.76 Å². The van der Waals surface area contributed by atoms with Crippen molar-refractivity contribution in [3.8, 4) is 0 Å². The first-order valence-corrected chi connectivity index (χ1v) is 9.21. The predicted octanol–water partition coefficient (Wildman–Crippen LogP) is 3.96. The molecule has 1 aliphatic rings. The molecule has 0 fully saturated rings. The van der Waals surface area contributed by atoms with Gasteiger partial charge in [0.2, 0.25) is 0 Å². The zero-order valence-corrected chi connectivity index (χ0v) is 15.4. The standard InChI is InChI=1S/C21H24N2O4/c1-2-23(16-8-3-4-9-16)20(24)15-27-21(25)18-11-5-6-12-19(18)22-14-17-10-7-13-26-17/h5-8,10-13,22H,2-4,9,14-15H2,1H3. The van der Waals surface area contributed by atoms with E-state index in [-0.39, 0.29) is 12.5 Å². The number of amides is 1. The highest BCUT2D eigenvalue weighted by atomic mass is 16.5. The number of para-hydroxylation sites is 1. The van der Waals surface area contributed by atoms with Crippen LogP contribution in [0.5, 0.6) is 0 Å². The molecule has 1 heterocycles. The van der Waals surface area contributed by atoms with Crippen molar-refractivity contribution in [3.05, 3.63) is 65.8 Å². The Hall–Kier alpha value is -3.02. The van der Waals surface area contributed by atoms with Crippen LogP contribution in [0.2, 0.25) is 0 Å². The molecule has 0 bridgehead atoms. The van der Waals surface area contributed by atoms with E-state index in [9.17, 15) is 9.59 Å². The molecular weight excluding hydrogens is 344 g/mol. The van der Waals surface area contributed by atoms with Crippen molar-refractivity contribution in [2.45, 2.75) is 32.7 Å². The van der Waals surface area contributed by atoms with E-state index in [2.05, 4.69) is 11.4 Å². The number of esters is 1. The topological polar surface area (TPSA) is 71.8 Å². The number of allylic oxidation sites excluding steroid dienone is 2. The van der Waals surface area contributed by atoms with Gasteiger partial charge in [0, 0.05) is 17.9 Å². The fourth-order valence-electron chi connectivity index (χ4n) is 3.13. The normalized spacial score (nSPS) is 13.1. The Bertz CT molecular complexity index is 811. The maximum absolute atomic E-state index is 12.5. The van der Waals surface area contributed by atoms with Gasteiger partial charge in [0.25, 0.3) is 5.91 Å². The molecule has 1 aromatic carbocycles. The van der Waals surface area contributed by atoms with Crippen molar-refractivity contribution in [3.63, 3.8) is 0 Å². The fraction of sp³-hybridized carbons (Fsp3) is 0.333. The van der Waals surface area contributed by atoms with Gasteiger partial charge < -0.3 is 19.4 Å². The molecule has 0 saturated heterocycles. The summed E-state index contributed by atoms with van der Waals surface area (Å²) in [6.07, 6.45) is 6.63. The van der Waals surface area contributed by atoms with Gasteiger partial charge in [-0.05, 0) is 50.5 Å². The van der Waals surface area contributed by atoms with Crippen LogP contribution in [0.4, 0.5) is 5.69 Å². The number of anilines is 1. The third-order valence-corrected chi connectivity index (χ3v) is 4.49. The minimum atomic E-state index is -0.526. The average Bonchev–Trinajstić information content (AvgIpc) is 3.39. The van der Waals surface area contributed by atoms with Crippen LogP contribution in [0.15, 0.2) is 58.9 Å². The fourth-order valence-corrected chi connectivity index (χ4v) is 3.13. The van der Waals surface area contributed by atoms with E-state index < -0.39 is 5.97 Å². The predicted molar refractivity (Wildman–Crippen MR) is 102 cm³/mol. The van der Waals surface area contributed by atoms with Crippen LogP contribution >= 0.6 is 0 Å². The van der Waals surface area contributed by atoms with E-state index in [0.717, 1.165) is 30.7 Å². The molecule has 1 N–H and O–H groups in total. The summed E-state index contributed by atoms with van der Waals surface area (Å²) < 4.78 is 10.6. The van der Waals surface area contributed by atoms with Gasteiger partial charge >= 0.3 is 5.97 Å². The van der Waals surface area contributed by atoms with Crippen LogP contribution in [0.1, 0.15) is 42.3 Å². The smallest absolute Gasteiger partial charge is 0.340 e. The molecule has 0 spiro atoms. The zero-order valence-electron chi connectivity index (χ0n) is 15.4. The van der Waals surface area contributed by atoms with Gasteiger partial charge in [-0.15, -0.1) is 0 Å². The highest BCUT2D eigenvalue weighted by Crippen LogP contribution is 2.22. The van der Waals surface area contributed by atoms with Gasteiger partial charge in [-0.25, -0.2) is 4.79 Å². The zero-order chi connectivity index (χ0) is 19.1. The lowest BCUT2D eigenvalue weighted by molar-refractivity contribution is -0.132.